The Balaban J connectivity index is 1.27. The topological polar surface area (TPSA) is 50.7 Å². The number of aliphatic imine (C=N–C) groups is 1. The van der Waals surface area contributed by atoms with Gasteiger partial charge in [0.1, 0.15) is 12.4 Å². The number of halogens is 1. The molecule has 6 heteroatoms. The van der Waals surface area contributed by atoms with Gasteiger partial charge in [0, 0.05) is 3.57 Å². The minimum absolute atomic E-state index is 0.138. The summed E-state index contributed by atoms with van der Waals surface area (Å²) >= 11 is 3.58. The van der Waals surface area contributed by atoms with E-state index >= 15 is 0 Å². The van der Waals surface area contributed by atoms with Crippen LogP contribution in [0.25, 0.3) is 16.8 Å². The van der Waals surface area contributed by atoms with E-state index in [-0.39, 0.29) is 5.91 Å². The highest BCUT2D eigenvalue weighted by Crippen LogP contribution is 2.30. The van der Waals surface area contributed by atoms with Crippen molar-refractivity contribution in [2.24, 2.45) is 4.99 Å². The number of hydrogen-bond acceptors (Lipinski definition) is 4. The molecule has 0 spiro atoms. The Labute approximate surface area is 209 Å². The summed E-state index contributed by atoms with van der Waals surface area (Å²) in [6, 6.07) is 30.1. The van der Waals surface area contributed by atoms with Gasteiger partial charge in [0.15, 0.2) is 5.17 Å². The highest BCUT2D eigenvalue weighted by atomic mass is 127. The largest absolute Gasteiger partial charge is 0.489 e. The molecule has 0 unspecified atom stereocenters. The Bertz CT molecular complexity index is 1390. The van der Waals surface area contributed by atoms with Gasteiger partial charge in [-0.1, -0.05) is 66.7 Å². The van der Waals surface area contributed by atoms with Crippen LogP contribution < -0.4 is 10.1 Å². The van der Waals surface area contributed by atoms with E-state index in [4.69, 9.17) is 4.74 Å². The van der Waals surface area contributed by atoms with E-state index in [0.29, 0.717) is 16.7 Å². The average molecular weight is 562 g/mol. The number of nitrogens with one attached hydrogen (secondary N) is 1. The molecule has 4 aromatic carbocycles. The summed E-state index contributed by atoms with van der Waals surface area (Å²) in [6.45, 7) is 0.498. The summed E-state index contributed by atoms with van der Waals surface area (Å²) in [5.74, 6) is 0.649. The molecule has 1 amide bonds. The number of nitrogens with zero attached hydrogens (tertiary/aromatic N) is 1. The molecule has 1 aliphatic rings. The first-order chi connectivity index (χ1) is 16.2. The Kier molecular flexibility index (Phi) is 6.46. The van der Waals surface area contributed by atoms with Crippen LogP contribution in [0.3, 0.4) is 0 Å². The Morgan fingerprint density at radius 1 is 0.909 bits per heavy atom. The van der Waals surface area contributed by atoms with Crippen molar-refractivity contribution in [1.29, 1.82) is 0 Å². The predicted molar refractivity (Wildman–Crippen MR) is 145 cm³/mol. The fourth-order valence-electron chi connectivity index (χ4n) is 3.52. The maximum absolute atomic E-state index is 12.4. The zero-order chi connectivity index (χ0) is 22.6. The number of carbonyl (C=O) groups excluding carboxylic acids is 1. The van der Waals surface area contributed by atoms with E-state index in [9.17, 15) is 4.79 Å². The van der Waals surface area contributed by atoms with Gasteiger partial charge in [-0.3, -0.25) is 4.79 Å². The molecule has 0 aliphatic carbocycles. The molecule has 0 aromatic heterocycles. The van der Waals surface area contributed by atoms with Crippen molar-refractivity contribution in [2.45, 2.75) is 6.61 Å². The summed E-state index contributed by atoms with van der Waals surface area (Å²) < 4.78 is 7.05. The van der Waals surface area contributed by atoms with Crippen molar-refractivity contribution in [3.8, 4) is 5.75 Å². The van der Waals surface area contributed by atoms with Gasteiger partial charge in [0.05, 0.1) is 10.6 Å². The first kappa shape index (κ1) is 21.7. The van der Waals surface area contributed by atoms with E-state index in [1.807, 2.05) is 66.7 Å². The van der Waals surface area contributed by atoms with Crippen LogP contribution in [0.2, 0.25) is 0 Å². The normalized spacial score (nSPS) is 15.8. The molecule has 1 fully saturated rings. The predicted octanol–water partition coefficient (Wildman–Crippen LogP) is 6.92. The Morgan fingerprint density at radius 2 is 1.67 bits per heavy atom. The minimum atomic E-state index is -0.138. The number of carbonyl (C=O) groups is 1. The summed E-state index contributed by atoms with van der Waals surface area (Å²) in [5, 5.41) is 5.84. The lowest BCUT2D eigenvalue weighted by Gasteiger charge is -2.09. The monoisotopic (exact) mass is 562 g/mol. The summed E-state index contributed by atoms with van der Waals surface area (Å²) in [5.41, 5.74) is 2.92. The van der Waals surface area contributed by atoms with Crippen LogP contribution in [0.15, 0.2) is 101 Å². The average Bonchev–Trinajstić information content (AvgIpc) is 3.18. The lowest BCUT2D eigenvalue weighted by molar-refractivity contribution is -0.115. The summed E-state index contributed by atoms with van der Waals surface area (Å²) in [7, 11) is 0. The first-order valence-electron chi connectivity index (χ1n) is 10.4. The molecule has 33 heavy (non-hydrogen) atoms. The van der Waals surface area contributed by atoms with Crippen molar-refractivity contribution in [3.63, 3.8) is 0 Å². The first-order valence-corrected chi connectivity index (χ1v) is 12.3. The third kappa shape index (κ3) is 5.12. The maximum atomic E-state index is 12.4. The highest BCUT2D eigenvalue weighted by Gasteiger charge is 2.24. The van der Waals surface area contributed by atoms with Crippen LogP contribution in [-0.4, -0.2) is 11.1 Å². The summed E-state index contributed by atoms with van der Waals surface area (Å²) in [6.07, 6.45) is 1.87. The second-order valence-corrected chi connectivity index (χ2v) is 9.62. The molecule has 1 aliphatic heterocycles. The van der Waals surface area contributed by atoms with Gasteiger partial charge >= 0.3 is 0 Å². The van der Waals surface area contributed by atoms with Crippen LogP contribution in [0.1, 0.15) is 11.1 Å². The van der Waals surface area contributed by atoms with E-state index in [1.54, 1.807) is 0 Å². The van der Waals surface area contributed by atoms with Crippen LogP contribution >= 0.6 is 34.4 Å². The van der Waals surface area contributed by atoms with Gasteiger partial charge in [0.25, 0.3) is 5.91 Å². The number of para-hydroxylation sites is 1. The van der Waals surface area contributed by atoms with Crippen molar-refractivity contribution in [3.05, 3.63) is 111 Å². The van der Waals surface area contributed by atoms with Crippen LogP contribution in [0.5, 0.6) is 5.75 Å². The third-order valence-corrected chi connectivity index (χ3v) is 7.00. The smallest absolute Gasteiger partial charge is 0.264 e. The molecule has 1 saturated heterocycles. The fourth-order valence-corrected chi connectivity index (χ4v) is 4.87. The maximum Gasteiger partial charge on any atom is 0.264 e. The molecular weight excluding hydrogens is 543 g/mol. The second-order valence-electron chi connectivity index (χ2n) is 7.43. The highest BCUT2D eigenvalue weighted by molar-refractivity contribution is 14.1. The molecule has 4 nitrogen and oxygen atoms in total. The van der Waals surface area contributed by atoms with Gasteiger partial charge in [0.2, 0.25) is 0 Å². The van der Waals surface area contributed by atoms with Crippen molar-refractivity contribution in [2.75, 3.05) is 0 Å². The van der Waals surface area contributed by atoms with Crippen LogP contribution in [0.4, 0.5) is 5.69 Å². The minimum Gasteiger partial charge on any atom is -0.489 e. The number of fused-ring (bicyclic) bond motifs is 1. The van der Waals surface area contributed by atoms with Gasteiger partial charge in [-0.05, 0) is 86.6 Å². The van der Waals surface area contributed by atoms with Crippen LogP contribution in [-0.2, 0) is 11.4 Å². The second kappa shape index (κ2) is 9.80. The number of ether oxygens (including phenoxy) is 1. The number of hydrogen-bond donors (Lipinski definition) is 1. The number of benzene rings is 4. The molecule has 4 aromatic rings. The number of amidine groups is 1. The van der Waals surface area contributed by atoms with Gasteiger partial charge < -0.3 is 10.1 Å². The summed E-state index contributed by atoms with van der Waals surface area (Å²) in [4.78, 5) is 17.6. The van der Waals surface area contributed by atoms with Crippen molar-refractivity contribution >= 4 is 68.0 Å². The fraction of sp³-hybridized carbons (Fsp3) is 0.0370. The van der Waals surface area contributed by atoms with Gasteiger partial charge in [-0.25, -0.2) is 4.99 Å². The molecule has 1 N–H and O–H groups in total. The molecular formula is C27H19IN2O2S. The molecule has 0 atom stereocenters. The van der Waals surface area contributed by atoms with Crippen molar-refractivity contribution < 1.29 is 9.53 Å². The number of thioether (sulfide) groups is 1. The molecule has 0 saturated carbocycles. The van der Waals surface area contributed by atoms with Crippen molar-refractivity contribution in [1.82, 2.24) is 5.32 Å². The third-order valence-electron chi connectivity index (χ3n) is 5.18. The van der Waals surface area contributed by atoms with Crippen LogP contribution in [0, 0.1) is 3.57 Å². The molecule has 1 heterocycles. The van der Waals surface area contributed by atoms with E-state index < -0.39 is 0 Å². The van der Waals surface area contributed by atoms with Gasteiger partial charge in [-0.15, -0.1) is 0 Å². The Morgan fingerprint density at radius 3 is 2.52 bits per heavy atom. The standard InChI is InChI=1S/C27H19IN2O2S/c28-23-10-3-4-11-24(23)29-27-30-26(31)25(33-27)16-18-12-14-21(15-13-18)32-17-20-8-5-7-19-6-1-2-9-22(19)20/h1-16H,17H2,(H,29,30,31)/b25-16+. The van der Waals surface area contributed by atoms with E-state index in [1.165, 1.54) is 22.5 Å². The molecule has 162 valence electrons. The van der Waals surface area contributed by atoms with E-state index in [2.05, 4.69) is 63.2 Å². The van der Waals surface area contributed by atoms with E-state index in [0.717, 1.165) is 26.1 Å². The SMILES string of the molecule is O=C1NC(=Nc2ccccc2I)S/C1=C/c1ccc(OCc2cccc3ccccc23)cc1. The Hall–Kier alpha value is -3.10. The molecule has 5 rings (SSSR count). The van der Waals surface area contributed by atoms with Gasteiger partial charge in [-0.2, -0.15) is 0 Å². The number of amides is 1. The zero-order valence-electron chi connectivity index (χ0n) is 17.5. The molecule has 0 bridgehead atoms. The number of rotatable bonds is 5. The quantitative estimate of drug-likeness (QED) is 0.212. The molecule has 0 radical (unpaired) electrons. The lowest BCUT2D eigenvalue weighted by atomic mass is 10.1. The lowest BCUT2D eigenvalue weighted by Crippen LogP contribution is -2.19. The zero-order valence-corrected chi connectivity index (χ0v) is 20.5.